The molecule has 1 saturated carbocycles. The van der Waals surface area contributed by atoms with Gasteiger partial charge in [-0.05, 0) is 44.4 Å². The van der Waals surface area contributed by atoms with Crippen molar-refractivity contribution in [2.45, 2.75) is 39.0 Å². The molecule has 6 nitrogen and oxygen atoms in total. The Morgan fingerprint density at radius 2 is 1.93 bits per heavy atom. The van der Waals surface area contributed by atoms with Gasteiger partial charge in [-0.3, -0.25) is 4.79 Å². The number of carbonyl (C=O) groups is 1. The van der Waals surface area contributed by atoms with E-state index in [1.165, 1.54) is 11.3 Å². The molecule has 0 atom stereocenters. The first kappa shape index (κ1) is 17.4. The number of ether oxygens (including phenoxy) is 2. The lowest BCUT2D eigenvalue weighted by molar-refractivity contribution is 0.103. The third-order valence-corrected chi connectivity index (χ3v) is 6.33. The molecular weight excluding hydrogens is 374 g/mol. The fourth-order valence-corrected chi connectivity index (χ4v) is 4.66. The summed E-state index contributed by atoms with van der Waals surface area (Å²) in [7, 11) is 0. The van der Waals surface area contributed by atoms with E-state index in [4.69, 9.17) is 14.5 Å². The Bertz CT molecular complexity index is 1090. The van der Waals surface area contributed by atoms with Crippen LogP contribution in [0.1, 0.15) is 51.9 Å². The largest absolute Gasteiger partial charge is 0.490 e. The van der Waals surface area contributed by atoms with Crippen molar-refractivity contribution < 1.29 is 14.3 Å². The SMILES string of the molecule is Cc1nc(C2CC2)nc2sc(C(=O)Nc3ccc4c(c3)OCCCO4)c(C)c12. The molecule has 7 heteroatoms. The number of fused-ring (bicyclic) bond motifs is 2. The first-order chi connectivity index (χ1) is 13.6. The van der Waals surface area contributed by atoms with Crippen LogP contribution in [0.25, 0.3) is 10.2 Å². The fourth-order valence-electron chi connectivity index (χ4n) is 3.53. The van der Waals surface area contributed by atoms with Gasteiger partial charge in [0.05, 0.1) is 23.8 Å². The van der Waals surface area contributed by atoms with Crippen LogP contribution in [-0.2, 0) is 0 Å². The van der Waals surface area contributed by atoms with Crippen molar-refractivity contribution in [1.29, 1.82) is 0 Å². The summed E-state index contributed by atoms with van der Waals surface area (Å²) in [6.07, 6.45) is 3.17. The van der Waals surface area contributed by atoms with Gasteiger partial charge in [-0.1, -0.05) is 0 Å². The summed E-state index contributed by atoms with van der Waals surface area (Å²) in [6.45, 7) is 5.22. The molecule has 144 valence electrons. The molecule has 2 aromatic heterocycles. The van der Waals surface area contributed by atoms with Gasteiger partial charge in [-0.15, -0.1) is 11.3 Å². The lowest BCUT2D eigenvalue weighted by atomic mass is 10.1. The molecule has 1 N–H and O–H groups in total. The number of hydrogen-bond acceptors (Lipinski definition) is 6. The number of anilines is 1. The maximum atomic E-state index is 13.0. The summed E-state index contributed by atoms with van der Waals surface area (Å²) < 4.78 is 11.4. The molecule has 1 aliphatic heterocycles. The van der Waals surface area contributed by atoms with Crippen LogP contribution in [-0.4, -0.2) is 29.1 Å². The van der Waals surface area contributed by atoms with E-state index in [1.54, 1.807) is 0 Å². The van der Waals surface area contributed by atoms with Crippen molar-refractivity contribution >= 4 is 33.1 Å². The number of nitrogens with one attached hydrogen (secondary N) is 1. The molecule has 0 spiro atoms. The van der Waals surface area contributed by atoms with Crippen LogP contribution < -0.4 is 14.8 Å². The van der Waals surface area contributed by atoms with Crippen molar-refractivity contribution in [3.8, 4) is 11.5 Å². The maximum Gasteiger partial charge on any atom is 0.266 e. The second kappa shape index (κ2) is 6.74. The normalized spacial score (nSPS) is 16.1. The Balaban J connectivity index is 1.45. The number of rotatable bonds is 3. The van der Waals surface area contributed by atoms with E-state index in [0.29, 0.717) is 41.2 Å². The van der Waals surface area contributed by atoms with Gasteiger partial charge >= 0.3 is 0 Å². The van der Waals surface area contributed by atoms with E-state index in [-0.39, 0.29) is 5.91 Å². The summed E-state index contributed by atoms with van der Waals surface area (Å²) in [5, 5.41) is 3.99. The van der Waals surface area contributed by atoms with Crippen molar-refractivity contribution in [2.24, 2.45) is 0 Å². The van der Waals surface area contributed by atoms with Gasteiger partial charge in [0, 0.05) is 29.5 Å². The van der Waals surface area contributed by atoms with Crippen LogP contribution in [0.2, 0.25) is 0 Å². The number of benzene rings is 1. The predicted molar refractivity (Wildman–Crippen MR) is 109 cm³/mol. The van der Waals surface area contributed by atoms with Crippen molar-refractivity contribution in [3.63, 3.8) is 0 Å². The summed E-state index contributed by atoms with van der Waals surface area (Å²) in [6, 6.07) is 5.49. The highest BCUT2D eigenvalue weighted by molar-refractivity contribution is 7.20. The van der Waals surface area contributed by atoms with Gasteiger partial charge in [0.15, 0.2) is 11.5 Å². The number of amides is 1. The van der Waals surface area contributed by atoms with Crippen molar-refractivity contribution in [3.05, 3.63) is 40.2 Å². The van der Waals surface area contributed by atoms with E-state index in [9.17, 15) is 4.79 Å². The standard InChI is InChI=1S/C21H21N3O3S/c1-11-17-12(2)22-19(13-4-5-13)24-21(17)28-18(11)20(25)23-14-6-7-15-16(10-14)27-9-3-8-26-15/h6-7,10,13H,3-5,8-9H2,1-2H3,(H,23,25). The average Bonchev–Trinajstić information content (AvgIpc) is 3.48. The molecule has 1 fully saturated rings. The van der Waals surface area contributed by atoms with Crippen molar-refractivity contribution in [2.75, 3.05) is 18.5 Å². The average molecular weight is 395 g/mol. The van der Waals surface area contributed by atoms with Gasteiger partial charge < -0.3 is 14.8 Å². The van der Waals surface area contributed by atoms with Crippen LogP contribution in [0, 0.1) is 13.8 Å². The van der Waals surface area contributed by atoms with Crippen LogP contribution in [0.5, 0.6) is 11.5 Å². The Morgan fingerprint density at radius 1 is 1.14 bits per heavy atom. The number of aromatic nitrogens is 2. The van der Waals surface area contributed by atoms with E-state index < -0.39 is 0 Å². The molecule has 0 bridgehead atoms. The van der Waals surface area contributed by atoms with E-state index in [0.717, 1.165) is 46.6 Å². The Kier molecular flexibility index (Phi) is 4.19. The molecule has 1 aromatic carbocycles. The van der Waals surface area contributed by atoms with Crippen LogP contribution in [0.15, 0.2) is 18.2 Å². The molecule has 1 aliphatic carbocycles. The highest BCUT2D eigenvalue weighted by Crippen LogP contribution is 2.40. The summed E-state index contributed by atoms with van der Waals surface area (Å²) in [4.78, 5) is 23.9. The second-order valence-corrected chi connectivity index (χ2v) is 8.34. The second-order valence-electron chi connectivity index (χ2n) is 7.34. The molecule has 28 heavy (non-hydrogen) atoms. The number of thiophene rings is 1. The minimum Gasteiger partial charge on any atom is -0.490 e. The lowest BCUT2D eigenvalue weighted by Crippen LogP contribution is -2.11. The summed E-state index contributed by atoms with van der Waals surface area (Å²) in [5.41, 5.74) is 2.58. The monoisotopic (exact) mass is 395 g/mol. The molecule has 0 saturated heterocycles. The zero-order valence-corrected chi connectivity index (χ0v) is 16.7. The molecule has 5 rings (SSSR count). The molecular formula is C21H21N3O3S. The van der Waals surface area contributed by atoms with Crippen LogP contribution in [0.3, 0.4) is 0 Å². The first-order valence-corrected chi connectivity index (χ1v) is 10.4. The van der Waals surface area contributed by atoms with Crippen molar-refractivity contribution in [1.82, 2.24) is 9.97 Å². The first-order valence-electron chi connectivity index (χ1n) is 9.59. The molecule has 3 aromatic rings. The Labute approximate surface area is 166 Å². The van der Waals surface area contributed by atoms with E-state index in [1.807, 2.05) is 32.0 Å². The summed E-state index contributed by atoms with van der Waals surface area (Å²) >= 11 is 1.44. The highest BCUT2D eigenvalue weighted by atomic mass is 32.1. The molecule has 1 amide bonds. The van der Waals surface area contributed by atoms with Crippen LogP contribution in [0.4, 0.5) is 5.69 Å². The minimum absolute atomic E-state index is 0.137. The number of carbonyl (C=O) groups excluding carboxylic acids is 1. The molecule has 0 unspecified atom stereocenters. The topological polar surface area (TPSA) is 73.3 Å². The van der Waals surface area contributed by atoms with Gasteiger partial charge in [0.2, 0.25) is 0 Å². The third-order valence-electron chi connectivity index (χ3n) is 5.14. The minimum atomic E-state index is -0.137. The zero-order chi connectivity index (χ0) is 19.3. The van der Waals surface area contributed by atoms with Gasteiger partial charge in [0.25, 0.3) is 5.91 Å². The molecule has 3 heterocycles. The number of hydrogen-bond donors (Lipinski definition) is 1. The summed E-state index contributed by atoms with van der Waals surface area (Å²) in [5.74, 6) is 2.65. The third kappa shape index (κ3) is 3.09. The predicted octanol–water partition coefficient (Wildman–Crippen LogP) is 4.60. The fraction of sp³-hybridized carbons (Fsp3) is 0.381. The smallest absolute Gasteiger partial charge is 0.266 e. The zero-order valence-electron chi connectivity index (χ0n) is 15.9. The quantitative estimate of drug-likeness (QED) is 0.702. The van der Waals surface area contributed by atoms with Gasteiger partial charge in [0.1, 0.15) is 10.7 Å². The van der Waals surface area contributed by atoms with Gasteiger partial charge in [-0.25, -0.2) is 9.97 Å². The van der Waals surface area contributed by atoms with Gasteiger partial charge in [-0.2, -0.15) is 0 Å². The maximum absolute atomic E-state index is 13.0. The Hall–Kier alpha value is -2.67. The van der Waals surface area contributed by atoms with E-state index in [2.05, 4.69) is 10.3 Å². The molecule has 0 radical (unpaired) electrons. The lowest BCUT2D eigenvalue weighted by Gasteiger charge is -2.10. The van der Waals surface area contributed by atoms with Crippen LogP contribution >= 0.6 is 11.3 Å². The number of aryl methyl sites for hydroxylation is 2. The molecule has 2 aliphatic rings. The van der Waals surface area contributed by atoms with E-state index >= 15 is 0 Å². The number of nitrogens with zero attached hydrogens (tertiary/aromatic N) is 2. The Morgan fingerprint density at radius 3 is 2.71 bits per heavy atom. The highest BCUT2D eigenvalue weighted by Gasteiger charge is 2.28.